The molecule has 5 nitrogen and oxygen atoms in total. The fourth-order valence-electron chi connectivity index (χ4n) is 2.71. The van der Waals surface area contributed by atoms with Crippen molar-refractivity contribution in [2.45, 2.75) is 18.9 Å². The molecule has 0 aromatic heterocycles. The molecule has 1 fully saturated rings. The number of methoxy groups -OCH3 is 2. The first-order valence-electron chi connectivity index (χ1n) is 6.84. The Morgan fingerprint density at radius 1 is 1.20 bits per heavy atom. The van der Waals surface area contributed by atoms with Gasteiger partial charge in [-0.2, -0.15) is 0 Å². The Labute approximate surface area is 119 Å². The van der Waals surface area contributed by atoms with Gasteiger partial charge in [0.05, 0.1) is 20.3 Å². The first-order chi connectivity index (χ1) is 9.65. The van der Waals surface area contributed by atoms with E-state index in [9.17, 15) is 5.11 Å². The normalized spacial score (nSPS) is 19.4. The molecule has 0 saturated carbocycles. The lowest BCUT2D eigenvalue weighted by molar-refractivity contribution is -0.0582. The highest BCUT2D eigenvalue weighted by atomic mass is 16.5. The van der Waals surface area contributed by atoms with E-state index in [1.807, 2.05) is 12.1 Å². The number of benzene rings is 1. The number of nitrogens with two attached hydrogens (primary N) is 1. The third kappa shape index (κ3) is 2.90. The predicted molar refractivity (Wildman–Crippen MR) is 76.0 cm³/mol. The van der Waals surface area contributed by atoms with Crippen molar-refractivity contribution in [2.75, 3.05) is 34.0 Å². The maximum Gasteiger partial charge on any atom is 0.122 e. The topological polar surface area (TPSA) is 73.9 Å². The summed E-state index contributed by atoms with van der Waals surface area (Å²) in [7, 11) is 3.19. The maximum atomic E-state index is 10.8. The van der Waals surface area contributed by atoms with Crippen LogP contribution in [0.5, 0.6) is 11.5 Å². The van der Waals surface area contributed by atoms with Gasteiger partial charge >= 0.3 is 0 Å². The minimum absolute atomic E-state index is 0.338. The molecule has 0 spiro atoms. The largest absolute Gasteiger partial charge is 0.497 e. The van der Waals surface area contributed by atoms with Crippen LogP contribution in [0.15, 0.2) is 18.2 Å². The van der Waals surface area contributed by atoms with E-state index in [1.54, 1.807) is 20.3 Å². The number of hydrogen-bond donors (Lipinski definition) is 2. The molecule has 112 valence electrons. The van der Waals surface area contributed by atoms with Crippen molar-refractivity contribution in [3.05, 3.63) is 23.8 Å². The van der Waals surface area contributed by atoms with Gasteiger partial charge in [0.15, 0.2) is 0 Å². The Morgan fingerprint density at radius 2 is 1.75 bits per heavy atom. The summed E-state index contributed by atoms with van der Waals surface area (Å²) < 4.78 is 15.9. The third-order valence-corrected chi connectivity index (χ3v) is 4.16. The molecule has 1 aliphatic heterocycles. The highest BCUT2D eigenvalue weighted by Crippen LogP contribution is 2.43. The molecule has 2 rings (SSSR count). The zero-order valence-corrected chi connectivity index (χ0v) is 12.1. The summed E-state index contributed by atoms with van der Waals surface area (Å²) >= 11 is 0. The second kappa shape index (κ2) is 6.43. The van der Waals surface area contributed by atoms with Gasteiger partial charge in [-0.15, -0.1) is 0 Å². The molecule has 1 aromatic carbocycles. The molecule has 0 amide bonds. The van der Waals surface area contributed by atoms with Gasteiger partial charge in [0.1, 0.15) is 11.5 Å². The van der Waals surface area contributed by atoms with E-state index in [0.29, 0.717) is 31.3 Å². The highest BCUT2D eigenvalue weighted by Gasteiger charge is 2.39. The van der Waals surface area contributed by atoms with Gasteiger partial charge in [0.25, 0.3) is 0 Å². The third-order valence-electron chi connectivity index (χ3n) is 4.16. The molecule has 1 unspecified atom stereocenters. The molecular formula is C15H23NO4. The van der Waals surface area contributed by atoms with Crippen LogP contribution >= 0.6 is 0 Å². The van der Waals surface area contributed by atoms with Gasteiger partial charge in [0, 0.05) is 31.2 Å². The molecule has 1 aliphatic rings. The lowest BCUT2D eigenvalue weighted by Crippen LogP contribution is -2.41. The average molecular weight is 281 g/mol. The summed E-state index contributed by atoms with van der Waals surface area (Å²) in [6.45, 7) is 1.70. The van der Waals surface area contributed by atoms with Crippen LogP contribution < -0.4 is 15.2 Å². The summed E-state index contributed by atoms with van der Waals surface area (Å²) in [5.74, 6) is 1.33. The molecule has 0 radical (unpaired) electrons. The molecule has 1 atom stereocenters. The molecule has 1 aromatic rings. The first-order valence-corrected chi connectivity index (χ1v) is 6.84. The van der Waals surface area contributed by atoms with Gasteiger partial charge in [-0.1, -0.05) is 0 Å². The first kappa shape index (κ1) is 15.1. The molecule has 1 heterocycles. The van der Waals surface area contributed by atoms with Crippen LogP contribution in [0.1, 0.15) is 24.5 Å². The van der Waals surface area contributed by atoms with Crippen molar-refractivity contribution >= 4 is 0 Å². The van der Waals surface area contributed by atoms with Crippen molar-refractivity contribution in [3.8, 4) is 11.5 Å². The van der Waals surface area contributed by atoms with Gasteiger partial charge in [-0.3, -0.25) is 0 Å². The second-order valence-electron chi connectivity index (χ2n) is 5.23. The fourth-order valence-corrected chi connectivity index (χ4v) is 2.71. The molecule has 5 heteroatoms. The van der Waals surface area contributed by atoms with Gasteiger partial charge in [-0.05, 0) is 30.5 Å². The summed E-state index contributed by atoms with van der Waals surface area (Å²) in [5, 5.41) is 10.8. The number of rotatable bonds is 5. The maximum absolute atomic E-state index is 10.8. The van der Waals surface area contributed by atoms with Crippen LogP contribution in [0, 0.1) is 5.41 Å². The van der Waals surface area contributed by atoms with Gasteiger partial charge in [-0.25, -0.2) is 0 Å². The van der Waals surface area contributed by atoms with Crippen LogP contribution in [0.3, 0.4) is 0 Å². The molecule has 0 aliphatic carbocycles. The average Bonchev–Trinajstić information content (AvgIpc) is 2.54. The Bertz CT molecular complexity index is 421. The summed E-state index contributed by atoms with van der Waals surface area (Å²) in [6, 6.07) is 5.45. The van der Waals surface area contributed by atoms with Crippen LogP contribution in [-0.4, -0.2) is 39.1 Å². The van der Waals surface area contributed by atoms with Crippen molar-refractivity contribution in [1.29, 1.82) is 0 Å². The van der Waals surface area contributed by atoms with Crippen LogP contribution in [0.2, 0.25) is 0 Å². The van der Waals surface area contributed by atoms with Crippen molar-refractivity contribution in [1.82, 2.24) is 0 Å². The van der Waals surface area contributed by atoms with Crippen LogP contribution in [0.4, 0.5) is 0 Å². The van der Waals surface area contributed by atoms with Gasteiger partial charge in [0.2, 0.25) is 0 Å². The number of aliphatic hydroxyl groups excluding tert-OH is 1. The van der Waals surface area contributed by atoms with Crippen LogP contribution in [0.25, 0.3) is 0 Å². The van der Waals surface area contributed by atoms with Crippen molar-refractivity contribution < 1.29 is 19.3 Å². The SMILES string of the molecule is COc1cc(OC)cc(C(O)C2(CN)CCOCC2)c1. The number of hydrogen-bond acceptors (Lipinski definition) is 5. The van der Waals surface area contributed by atoms with E-state index in [4.69, 9.17) is 19.9 Å². The second-order valence-corrected chi connectivity index (χ2v) is 5.23. The molecule has 0 bridgehead atoms. The molecule has 1 saturated heterocycles. The summed E-state index contributed by atoms with van der Waals surface area (Å²) in [5.41, 5.74) is 6.37. The van der Waals surface area contributed by atoms with E-state index in [2.05, 4.69) is 0 Å². The number of aliphatic hydroxyl groups is 1. The lowest BCUT2D eigenvalue weighted by Gasteiger charge is -2.40. The van der Waals surface area contributed by atoms with E-state index in [1.165, 1.54) is 0 Å². The zero-order valence-electron chi connectivity index (χ0n) is 12.1. The van der Waals surface area contributed by atoms with Crippen molar-refractivity contribution in [3.63, 3.8) is 0 Å². The quantitative estimate of drug-likeness (QED) is 0.855. The summed E-state index contributed by atoms with van der Waals surface area (Å²) in [4.78, 5) is 0. The van der Waals surface area contributed by atoms with E-state index < -0.39 is 6.10 Å². The standard InChI is InChI=1S/C15H23NO4/c1-18-12-7-11(8-13(9-12)19-2)14(17)15(10-16)3-5-20-6-4-15/h7-9,14,17H,3-6,10,16H2,1-2H3. The lowest BCUT2D eigenvalue weighted by atomic mass is 9.73. The Kier molecular flexibility index (Phi) is 4.86. The molecule has 20 heavy (non-hydrogen) atoms. The Balaban J connectivity index is 2.33. The highest BCUT2D eigenvalue weighted by molar-refractivity contribution is 5.40. The zero-order chi connectivity index (χ0) is 14.6. The van der Waals surface area contributed by atoms with Crippen LogP contribution in [-0.2, 0) is 4.74 Å². The molecular weight excluding hydrogens is 258 g/mol. The van der Waals surface area contributed by atoms with E-state index >= 15 is 0 Å². The minimum atomic E-state index is -0.652. The van der Waals surface area contributed by atoms with E-state index in [-0.39, 0.29) is 5.41 Å². The Morgan fingerprint density at radius 3 is 2.20 bits per heavy atom. The molecule has 3 N–H and O–H groups in total. The summed E-state index contributed by atoms with van der Waals surface area (Å²) in [6.07, 6.45) is 0.856. The Hall–Kier alpha value is -1.30. The van der Waals surface area contributed by atoms with Crippen molar-refractivity contribution in [2.24, 2.45) is 11.1 Å². The minimum Gasteiger partial charge on any atom is -0.497 e. The van der Waals surface area contributed by atoms with E-state index in [0.717, 1.165) is 18.4 Å². The smallest absolute Gasteiger partial charge is 0.122 e. The predicted octanol–water partition coefficient (Wildman–Crippen LogP) is 1.49. The van der Waals surface area contributed by atoms with Gasteiger partial charge < -0.3 is 25.1 Å². The fraction of sp³-hybridized carbons (Fsp3) is 0.600. The monoisotopic (exact) mass is 281 g/mol. The number of ether oxygens (including phenoxy) is 3.